The molecule has 0 bridgehead atoms. The molecule has 0 saturated carbocycles. The van der Waals surface area contributed by atoms with E-state index in [1.807, 2.05) is 0 Å². The normalized spacial score (nSPS) is 10.6. The van der Waals surface area contributed by atoms with Gasteiger partial charge in [-0.15, -0.1) is 0 Å². The molecule has 0 fully saturated rings. The molecule has 3 nitrogen and oxygen atoms in total. The predicted molar refractivity (Wildman–Crippen MR) is 60.2 cm³/mol. The highest BCUT2D eigenvalue weighted by Crippen LogP contribution is 1.97. The van der Waals surface area contributed by atoms with Crippen LogP contribution in [0.3, 0.4) is 0 Å². The molecule has 0 aliphatic heterocycles. The van der Waals surface area contributed by atoms with Gasteiger partial charge in [0, 0.05) is 19.1 Å². The van der Waals surface area contributed by atoms with Crippen LogP contribution in [-0.4, -0.2) is 36.5 Å². The Balaban J connectivity index is 3.51. The summed E-state index contributed by atoms with van der Waals surface area (Å²) in [5.74, 6) is -0.0856. The second-order valence-electron chi connectivity index (χ2n) is 3.57. The van der Waals surface area contributed by atoms with Gasteiger partial charge in [0.05, 0.1) is 0 Å². The summed E-state index contributed by atoms with van der Waals surface area (Å²) in [6, 6.07) is 0.579. The minimum Gasteiger partial charge on any atom is -0.353 e. The third-order valence-electron chi connectivity index (χ3n) is 2.24. The van der Waals surface area contributed by atoms with E-state index in [2.05, 4.69) is 37.6 Å². The van der Waals surface area contributed by atoms with Gasteiger partial charge < -0.3 is 10.2 Å². The maximum absolute atomic E-state index is 10.8. The van der Waals surface area contributed by atoms with Crippen molar-refractivity contribution >= 4 is 5.91 Å². The number of nitrogens with zero attached hydrogens (tertiary/aromatic N) is 1. The van der Waals surface area contributed by atoms with Crippen molar-refractivity contribution in [3.8, 4) is 0 Å². The number of nitrogens with one attached hydrogen (secondary N) is 1. The summed E-state index contributed by atoms with van der Waals surface area (Å²) in [6.45, 7) is 12.8. The highest BCUT2D eigenvalue weighted by Gasteiger charge is 2.05. The fourth-order valence-corrected chi connectivity index (χ4v) is 1.35. The van der Waals surface area contributed by atoms with E-state index in [0.717, 1.165) is 26.1 Å². The Kier molecular flexibility index (Phi) is 7.11. The van der Waals surface area contributed by atoms with Gasteiger partial charge in [0.1, 0.15) is 0 Å². The summed E-state index contributed by atoms with van der Waals surface area (Å²) in [6.07, 6.45) is 2.30. The third-order valence-corrected chi connectivity index (χ3v) is 2.24. The average molecular weight is 198 g/mol. The molecule has 0 aliphatic carbocycles. The van der Waals surface area contributed by atoms with Crippen LogP contribution in [0.5, 0.6) is 0 Å². The van der Waals surface area contributed by atoms with Crippen LogP contribution >= 0.6 is 0 Å². The summed E-state index contributed by atoms with van der Waals surface area (Å²) in [4.78, 5) is 13.2. The lowest BCUT2D eigenvalue weighted by Gasteiger charge is -2.24. The fraction of sp³-hybridized carbons (Fsp3) is 0.727. The SMILES string of the molecule is C=CC(=O)NCCCN(CC)C(C)C. The lowest BCUT2D eigenvalue weighted by atomic mass is 10.3. The molecule has 0 unspecified atom stereocenters. The van der Waals surface area contributed by atoms with E-state index in [9.17, 15) is 4.79 Å². The van der Waals surface area contributed by atoms with Crippen LogP contribution in [0.1, 0.15) is 27.2 Å². The van der Waals surface area contributed by atoms with E-state index in [1.165, 1.54) is 6.08 Å². The van der Waals surface area contributed by atoms with Crippen molar-refractivity contribution in [2.24, 2.45) is 0 Å². The van der Waals surface area contributed by atoms with Crippen molar-refractivity contribution in [2.45, 2.75) is 33.2 Å². The number of carbonyl (C=O) groups is 1. The molecule has 0 spiro atoms. The Bertz CT molecular complexity index is 178. The molecule has 0 aromatic heterocycles. The largest absolute Gasteiger partial charge is 0.353 e. The Morgan fingerprint density at radius 1 is 1.57 bits per heavy atom. The van der Waals surface area contributed by atoms with Gasteiger partial charge in [-0.05, 0) is 32.9 Å². The minimum atomic E-state index is -0.0856. The second-order valence-corrected chi connectivity index (χ2v) is 3.57. The van der Waals surface area contributed by atoms with Crippen molar-refractivity contribution in [3.05, 3.63) is 12.7 Å². The van der Waals surface area contributed by atoms with Gasteiger partial charge in [0.15, 0.2) is 0 Å². The highest BCUT2D eigenvalue weighted by molar-refractivity contribution is 5.86. The molecule has 0 rings (SSSR count). The predicted octanol–water partition coefficient (Wildman–Crippen LogP) is 1.41. The maximum atomic E-state index is 10.8. The first-order valence-electron chi connectivity index (χ1n) is 5.26. The Hall–Kier alpha value is -0.830. The van der Waals surface area contributed by atoms with Crippen LogP contribution in [0, 0.1) is 0 Å². The van der Waals surface area contributed by atoms with Crippen LogP contribution in [0.25, 0.3) is 0 Å². The molecule has 82 valence electrons. The van der Waals surface area contributed by atoms with Crippen molar-refractivity contribution in [1.82, 2.24) is 10.2 Å². The van der Waals surface area contributed by atoms with Crippen LogP contribution in [0.15, 0.2) is 12.7 Å². The molecule has 14 heavy (non-hydrogen) atoms. The van der Waals surface area contributed by atoms with Gasteiger partial charge in [0.2, 0.25) is 5.91 Å². The molecular formula is C11H22N2O. The zero-order chi connectivity index (χ0) is 11.0. The Morgan fingerprint density at radius 3 is 2.64 bits per heavy atom. The van der Waals surface area contributed by atoms with Crippen molar-refractivity contribution < 1.29 is 4.79 Å². The molecule has 0 aromatic rings. The average Bonchev–Trinajstić information content (AvgIpc) is 2.16. The second kappa shape index (κ2) is 7.56. The smallest absolute Gasteiger partial charge is 0.243 e. The van der Waals surface area contributed by atoms with E-state index in [-0.39, 0.29) is 5.91 Å². The summed E-state index contributed by atoms with van der Waals surface area (Å²) < 4.78 is 0. The zero-order valence-electron chi connectivity index (χ0n) is 9.55. The molecule has 0 heterocycles. The zero-order valence-corrected chi connectivity index (χ0v) is 9.55. The lowest BCUT2D eigenvalue weighted by Crippen LogP contribution is -2.33. The van der Waals surface area contributed by atoms with Gasteiger partial charge in [-0.25, -0.2) is 0 Å². The number of rotatable bonds is 7. The first-order chi connectivity index (χ1) is 6.61. The van der Waals surface area contributed by atoms with Crippen LogP contribution in [0.2, 0.25) is 0 Å². The van der Waals surface area contributed by atoms with Crippen LogP contribution in [0.4, 0.5) is 0 Å². The van der Waals surface area contributed by atoms with Gasteiger partial charge in [-0.3, -0.25) is 4.79 Å². The van der Waals surface area contributed by atoms with Crippen molar-refractivity contribution in [2.75, 3.05) is 19.6 Å². The molecule has 3 heteroatoms. The first kappa shape index (κ1) is 13.2. The number of hydrogen-bond acceptors (Lipinski definition) is 2. The lowest BCUT2D eigenvalue weighted by molar-refractivity contribution is -0.116. The summed E-state index contributed by atoms with van der Waals surface area (Å²) in [5.41, 5.74) is 0. The van der Waals surface area contributed by atoms with Gasteiger partial charge >= 0.3 is 0 Å². The van der Waals surface area contributed by atoms with Gasteiger partial charge in [-0.1, -0.05) is 13.5 Å². The molecule has 1 N–H and O–H groups in total. The van der Waals surface area contributed by atoms with E-state index >= 15 is 0 Å². The van der Waals surface area contributed by atoms with Crippen LogP contribution in [-0.2, 0) is 4.79 Å². The van der Waals surface area contributed by atoms with Crippen molar-refractivity contribution in [3.63, 3.8) is 0 Å². The minimum absolute atomic E-state index is 0.0856. The number of hydrogen-bond donors (Lipinski definition) is 1. The number of amides is 1. The van der Waals surface area contributed by atoms with E-state index in [1.54, 1.807) is 0 Å². The topological polar surface area (TPSA) is 32.3 Å². The highest BCUT2D eigenvalue weighted by atomic mass is 16.1. The maximum Gasteiger partial charge on any atom is 0.243 e. The number of carbonyl (C=O) groups excluding carboxylic acids is 1. The van der Waals surface area contributed by atoms with E-state index in [4.69, 9.17) is 0 Å². The van der Waals surface area contributed by atoms with Gasteiger partial charge in [0.25, 0.3) is 0 Å². The molecule has 0 aromatic carbocycles. The monoisotopic (exact) mass is 198 g/mol. The Morgan fingerprint density at radius 2 is 2.21 bits per heavy atom. The van der Waals surface area contributed by atoms with E-state index < -0.39 is 0 Å². The molecule has 1 amide bonds. The van der Waals surface area contributed by atoms with Gasteiger partial charge in [-0.2, -0.15) is 0 Å². The first-order valence-corrected chi connectivity index (χ1v) is 5.26. The quantitative estimate of drug-likeness (QED) is 0.495. The molecule has 0 aliphatic rings. The molecule has 0 saturated heterocycles. The molecule has 0 atom stereocenters. The molecule has 0 radical (unpaired) electrons. The Labute approximate surface area is 87.2 Å². The molecular weight excluding hydrogens is 176 g/mol. The fourth-order valence-electron chi connectivity index (χ4n) is 1.35. The van der Waals surface area contributed by atoms with E-state index in [0.29, 0.717) is 6.04 Å². The van der Waals surface area contributed by atoms with Crippen LogP contribution < -0.4 is 5.32 Å². The third kappa shape index (κ3) is 5.75. The summed E-state index contributed by atoms with van der Waals surface area (Å²) >= 11 is 0. The summed E-state index contributed by atoms with van der Waals surface area (Å²) in [5, 5.41) is 2.77. The van der Waals surface area contributed by atoms with Crippen molar-refractivity contribution in [1.29, 1.82) is 0 Å². The summed E-state index contributed by atoms with van der Waals surface area (Å²) in [7, 11) is 0. The standard InChI is InChI=1S/C11H22N2O/c1-5-11(14)12-8-7-9-13(6-2)10(3)4/h5,10H,1,6-9H2,2-4H3,(H,12,14).